The maximum atomic E-state index is 4.40. The van der Waals surface area contributed by atoms with Crippen molar-refractivity contribution in [3.63, 3.8) is 0 Å². The summed E-state index contributed by atoms with van der Waals surface area (Å²) in [4.78, 5) is 4.40. The van der Waals surface area contributed by atoms with Crippen LogP contribution in [0.15, 0.2) is 18.3 Å². The summed E-state index contributed by atoms with van der Waals surface area (Å²) in [5.74, 6) is 0. The third-order valence-electron chi connectivity index (χ3n) is 4.10. The van der Waals surface area contributed by atoms with Crippen LogP contribution in [0.3, 0.4) is 0 Å². The molecule has 0 N–H and O–H groups in total. The molecule has 2 aromatic heterocycles. The lowest BCUT2D eigenvalue weighted by Gasteiger charge is -2.08. The van der Waals surface area contributed by atoms with Crippen molar-refractivity contribution in [2.24, 2.45) is 7.05 Å². The van der Waals surface area contributed by atoms with Gasteiger partial charge in [-0.05, 0) is 49.1 Å². The van der Waals surface area contributed by atoms with Gasteiger partial charge >= 0.3 is 0 Å². The molecule has 2 nitrogen and oxygen atoms in total. The quantitative estimate of drug-likeness (QED) is 0.599. The van der Waals surface area contributed by atoms with E-state index in [1.807, 2.05) is 6.20 Å². The van der Waals surface area contributed by atoms with E-state index >= 15 is 0 Å². The number of hydrogen-bond acceptors (Lipinski definition) is 1. The molecule has 0 saturated carbocycles. The fourth-order valence-electron chi connectivity index (χ4n) is 3.12. The molecule has 0 bridgehead atoms. The van der Waals surface area contributed by atoms with E-state index in [0.29, 0.717) is 0 Å². The van der Waals surface area contributed by atoms with E-state index in [0.717, 1.165) is 10.9 Å². The molecule has 0 aliphatic carbocycles. The normalized spacial score (nSPS) is 12.7. The summed E-state index contributed by atoms with van der Waals surface area (Å²) in [5, 5.41) is 6.04. The fourth-order valence-corrected chi connectivity index (χ4v) is 3.12. The van der Waals surface area contributed by atoms with Crippen LogP contribution in [0.4, 0.5) is 0 Å². The third-order valence-corrected chi connectivity index (χ3v) is 4.10. The van der Waals surface area contributed by atoms with E-state index in [-0.39, 0.29) is 0 Å². The van der Waals surface area contributed by atoms with Crippen molar-refractivity contribution in [1.82, 2.24) is 9.55 Å². The Balaban J connectivity index is 2.73. The van der Waals surface area contributed by atoms with Gasteiger partial charge in [-0.1, -0.05) is 12.7 Å². The number of hydrogen-bond donors (Lipinski definition) is 0. The molecule has 96 valence electrons. The standard InChI is InChI=1S/C17H18N2/c1-6-16-10(2)14-9-15-12(4)18-8-7-13(15)11(3)17(14)19(16)5/h6-9H,2H2,1,3-5H3/b16-6+. The smallest absolute Gasteiger partial charge is 0.0524 e. The van der Waals surface area contributed by atoms with Crippen LogP contribution in [0.25, 0.3) is 34.3 Å². The summed E-state index contributed by atoms with van der Waals surface area (Å²) in [7, 11) is 2.11. The summed E-state index contributed by atoms with van der Waals surface area (Å²) < 4.78 is 2.24. The highest BCUT2D eigenvalue weighted by Gasteiger charge is 2.11. The zero-order valence-electron chi connectivity index (χ0n) is 11.9. The molecule has 0 amide bonds. The molecule has 2 heterocycles. The van der Waals surface area contributed by atoms with Gasteiger partial charge in [0.05, 0.1) is 5.52 Å². The number of aryl methyl sites for hydroxylation is 3. The maximum absolute atomic E-state index is 4.40. The van der Waals surface area contributed by atoms with Crippen molar-refractivity contribution < 1.29 is 0 Å². The second-order valence-electron chi connectivity index (χ2n) is 5.10. The molecule has 0 atom stereocenters. The minimum atomic E-state index is 1.08. The van der Waals surface area contributed by atoms with Crippen molar-refractivity contribution in [2.45, 2.75) is 20.8 Å². The molecule has 0 saturated heterocycles. The van der Waals surface area contributed by atoms with Crippen molar-refractivity contribution in [2.75, 3.05) is 0 Å². The van der Waals surface area contributed by atoms with Gasteiger partial charge in [0, 0.05) is 35.1 Å². The Labute approximate surface area is 112 Å². The van der Waals surface area contributed by atoms with Gasteiger partial charge in [0.25, 0.3) is 0 Å². The largest absolute Gasteiger partial charge is 0.344 e. The van der Waals surface area contributed by atoms with Crippen molar-refractivity contribution in [1.29, 1.82) is 0 Å². The van der Waals surface area contributed by atoms with Crippen LogP contribution < -0.4 is 10.6 Å². The number of pyridine rings is 1. The molecule has 0 unspecified atom stereocenters. The van der Waals surface area contributed by atoms with Gasteiger partial charge in [-0.2, -0.15) is 0 Å². The Morgan fingerprint density at radius 2 is 1.95 bits per heavy atom. The zero-order valence-corrected chi connectivity index (χ0v) is 11.9. The molecule has 19 heavy (non-hydrogen) atoms. The zero-order chi connectivity index (χ0) is 13.7. The highest BCUT2D eigenvalue weighted by atomic mass is 14.9. The van der Waals surface area contributed by atoms with Crippen LogP contribution in [0.5, 0.6) is 0 Å². The number of aromatic nitrogens is 2. The SMILES string of the molecule is C=c1/c(=C\C)n(C)c2c(C)c3ccnc(C)c3cc12. The number of fused-ring (bicyclic) bond motifs is 2. The second-order valence-corrected chi connectivity index (χ2v) is 5.10. The third kappa shape index (κ3) is 1.46. The Hall–Kier alpha value is -2.09. The Kier molecular flexibility index (Phi) is 2.49. The number of rotatable bonds is 0. The van der Waals surface area contributed by atoms with Gasteiger partial charge in [-0.25, -0.2) is 0 Å². The summed E-state index contributed by atoms with van der Waals surface area (Å²) >= 11 is 0. The van der Waals surface area contributed by atoms with E-state index in [1.165, 1.54) is 32.6 Å². The highest BCUT2D eigenvalue weighted by Crippen LogP contribution is 2.26. The molecular weight excluding hydrogens is 232 g/mol. The van der Waals surface area contributed by atoms with E-state index in [9.17, 15) is 0 Å². The van der Waals surface area contributed by atoms with Gasteiger partial charge in [-0.3, -0.25) is 4.98 Å². The average molecular weight is 250 g/mol. The summed E-state index contributed by atoms with van der Waals surface area (Å²) in [6, 6.07) is 4.33. The lowest BCUT2D eigenvalue weighted by Crippen LogP contribution is -2.25. The first-order valence-corrected chi connectivity index (χ1v) is 6.55. The summed E-state index contributed by atoms with van der Waals surface area (Å²) in [6.07, 6.45) is 4.01. The Morgan fingerprint density at radius 1 is 1.21 bits per heavy atom. The van der Waals surface area contributed by atoms with Crippen LogP contribution in [0.2, 0.25) is 0 Å². The van der Waals surface area contributed by atoms with E-state index < -0.39 is 0 Å². The number of benzene rings is 1. The topological polar surface area (TPSA) is 17.8 Å². The molecular formula is C17H18N2. The molecule has 0 aliphatic rings. The Bertz CT molecular complexity index is 914. The van der Waals surface area contributed by atoms with Crippen LogP contribution >= 0.6 is 0 Å². The van der Waals surface area contributed by atoms with E-state index in [4.69, 9.17) is 0 Å². The first-order valence-electron chi connectivity index (χ1n) is 6.55. The van der Waals surface area contributed by atoms with Gasteiger partial charge < -0.3 is 4.57 Å². The number of nitrogens with zero attached hydrogens (tertiary/aromatic N) is 2. The Morgan fingerprint density at radius 3 is 2.63 bits per heavy atom. The molecule has 3 rings (SSSR count). The molecule has 0 spiro atoms. The molecule has 0 aliphatic heterocycles. The van der Waals surface area contributed by atoms with Crippen LogP contribution in [-0.2, 0) is 7.05 Å². The fraction of sp³-hybridized carbons (Fsp3) is 0.235. The van der Waals surface area contributed by atoms with E-state index in [1.54, 1.807) is 0 Å². The van der Waals surface area contributed by atoms with Crippen molar-refractivity contribution >= 4 is 34.3 Å². The molecule has 0 radical (unpaired) electrons. The summed E-state index contributed by atoms with van der Waals surface area (Å²) in [6.45, 7) is 10.6. The first kappa shape index (κ1) is 12.0. The van der Waals surface area contributed by atoms with Crippen LogP contribution in [0, 0.1) is 13.8 Å². The maximum Gasteiger partial charge on any atom is 0.0524 e. The average Bonchev–Trinajstić information content (AvgIpc) is 2.63. The minimum absolute atomic E-state index is 1.08. The molecule has 1 aromatic carbocycles. The molecule has 3 aromatic rings. The van der Waals surface area contributed by atoms with Gasteiger partial charge in [0.1, 0.15) is 0 Å². The van der Waals surface area contributed by atoms with Crippen molar-refractivity contribution in [3.05, 3.63) is 40.2 Å². The molecule has 0 fully saturated rings. The first-order chi connectivity index (χ1) is 9.06. The monoisotopic (exact) mass is 250 g/mol. The van der Waals surface area contributed by atoms with Crippen LogP contribution in [-0.4, -0.2) is 9.55 Å². The predicted octanol–water partition coefficient (Wildman–Crippen LogP) is 2.55. The van der Waals surface area contributed by atoms with Gasteiger partial charge in [0.15, 0.2) is 0 Å². The summed E-state index contributed by atoms with van der Waals surface area (Å²) in [5.41, 5.74) is 3.66. The predicted molar refractivity (Wildman–Crippen MR) is 82.6 cm³/mol. The van der Waals surface area contributed by atoms with Crippen LogP contribution in [0.1, 0.15) is 18.2 Å². The van der Waals surface area contributed by atoms with Crippen molar-refractivity contribution in [3.8, 4) is 0 Å². The second kappa shape index (κ2) is 3.95. The lowest BCUT2D eigenvalue weighted by atomic mass is 10.0. The lowest BCUT2D eigenvalue weighted by molar-refractivity contribution is 0.921. The minimum Gasteiger partial charge on any atom is -0.344 e. The van der Waals surface area contributed by atoms with E-state index in [2.05, 4.69) is 62.2 Å². The van der Waals surface area contributed by atoms with Gasteiger partial charge in [0.2, 0.25) is 0 Å². The molecule has 2 heteroatoms. The highest BCUT2D eigenvalue weighted by molar-refractivity contribution is 6.02. The van der Waals surface area contributed by atoms with Gasteiger partial charge in [-0.15, -0.1) is 0 Å².